The van der Waals surface area contributed by atoms with Crippen molar-refractivity contribution in [3.05, 3.63) is 93.4 Å². The molecule has 42 heavy (non-hydrogen) atoms. The summed E-state index contributed by atoms with van der Waals surface area (Å²) in [5.74, 6) is -0.134. The SMILES string of the molecule is CCOCc1nc(C(=O)OCc2ccc(-c3ccccc3-c3nnn[nH]3)cc2)c(C(C)(C)O)n1Cc1oc(=O)oc1C. The van der Waals surface area contributed by atoms with Crippen molar-refractivity contribution < 1.29 is 28.2 Å². The number of ether oxygens (including phenoxy) is 2. The molecule has 0 bridgehead atoms. The molecule has 3 aromatic heterocycles. The van der Waals surface area contributed by atoms with Crippen molar-refractivity contribution in [2.75, 3.05) is 6.61 Å². The predicted molar refractivity (Wildman–Crippen MR) is 148 cm³/mol. The Labute approximate surface area is 240 Å². The van der Waals surface area contributed by atoms with Crippen LogP contribution in [0.1, 0.15) is 59.9 Å². The van der Waals surface area contributed by atoms with Crippen molar-refractivity contribution >= 4 is 5.97 Å². The predicted octanol–water partition coefficient (Wildman–Crippen LogP) is 3.75. The Morgan fingerprint density at radius 1 is 1.07 bits per heavy atom. The number of carbonyl (C=O) groups is 1. The number of rotatable bonds is 11. The van der Waals surface area contributed by atoms with Crippen molar-refractivity contribution in [3.63, 3.8) is 0 Å². The van der Waals surface area contributed by atoms with Gasteiger partial charge in [0, 0.05) is 12.2 Å². The van der Waals surface area contributed by atoms with Gasteiger partial charge in [-0.15, -0.1) is 5.10 Å². The standard InChI is InChI=1S/C29H30N6O7/c1-5-39-16-23-30-24(25(29(3,4)38)35(23)14-22-17(2)41-28(37)42-22)27(36)40-15-18-10-12-19(13-11-18)20-8-6-7-9-21(20)26-31-33-34-32-26/h6-13,38H,5,14-16H2,1-4H3,(H,31,32,33,34). The van der Waals surface area contributed by atoms with E-state index in [1.165, 1.54) is 13.8 Å². The molecule has 3 heterocycles. The molecule has 218 valence electrons. The van der Waals surface area contributed by atoms with Crippen LogP contribution < -0.4 is 5.82 Å². The number of hydrogen-bond donors (Lipinski definition) is 2. The fourth-order valence-corrected chi connectivity index (χ4v) is 4.61. The molecular weight excluding hydrogens is 544 g/mol. The van der Waals surface area contributed by atoms with Crippen molar-refractivity contribution in [1.29, 1.82) is 0 Å². The van der Waals surface area contributed by atoms with E-state index in [1.807, 2.05) is 55.5 Å². The highest BCUT2D eigenvalue weighted by Gasteiger charge is 2.33. The molecule has 2 aromatic carbocycles. The molecule has 13 heteroatoms. The number of H-pyrrole nitrogens is 1. The lowest BCUT2D eigenvalue weighted by Gasteiger charge is -2.21. The molecule has 0 fully saturated rings. The summed E-state index contributed by atoms with van der Waals surface area (Å²) < 4.78 is 22.9. The molecule has 0 saturated heterocycles. The van der Waals surface area contributed by atoms with Crippen LogP contribution in [0.5, 0.6) is 0 Å². The van der Waals surface area contributed by atoms with E-state index in [1.54, 1.807) is 11.5 Å². The summed E-state index contributed by atoms with van der Waals surface area (Å²) in [6, 6.07) is 15.3. The van der Waals surface area contributed by atoms with Gasteiger partial charge in [-0.25, -0.2) is 19.7 Å². The van der Waals surface area contributed by atoms with Crippen molar-refractivity contribution in [1.82, 2.24) is 30.2 Å². The smallest absolute Gasteiger partial charge is 0.456 e. The van der Waals surface area contributed by atoms with Gasteiger partial charge in [-0.05, 0) is 54.8 Å². The maximum Gasteiger partial charge on any atom is 0.519 e. The number of tetrazole rings is 1. The van der Waals surface area contributed by atoms with E-state index in [4.69, 9.17) is 18.3 Å². The summed E-state index contributed by atoms with van der Waals surface area (Å²) in [5, 5.41) is 25.2. The molecule has 0 aliphatic rings. The number of benzene rings is 2. The third-order valence-electron chi connectivity index (χ3n) is 6.55. The summed E-state index contributed by atoms with van der Waals surface area (Å²) >= 11 is 0. The first-order valence-corrected chi connectivity index (χ1v) is 13.2. The van der Waals surface area contributed by atoms with E-state index in [-0.39, 0.29) is 42.7 Å². The zero-order valence-corrected chi connectivity index (χ0v) is 23.6. The van der Waals surface area contributed by atoms with Gasteiger partial charge in [0.05, 0.1) is 12.2 Å². The number of imidazole rings is 1. The van der Waals surface area contributed by atoms with Gasteiger partial charge < -0.3 is 28.0 Å². The topological polar surface area (TPSA) is 171 Å². The first-order valence-electron chi connectivity index (χ1n) is 13.2. The number of aromatic amines is 1. The lowest BCUT2D eigenvalue weighted by molar-refractivity contribution is 0.0421. The lowest BCUT2D eigenvalue weighted by Crippen LogP contribution is -2.25. The first-order chi connectivity index (χ1) is 20.2. The van der Waals surface area contributed by atoms with Gasteiger partial charge in [0.1, 0.15) is 30.4 Å². The molecule has 0 radical (unpaired) electrons. The van der Waals surface area contributed by atoms with E-state index in [0.29, 0.717) is 18.3 Å². The maximum absolute atomic E-state index is 13.3. The lowest BCUT2D eigenvalue weighted by atomic mass is 9.98. The number of hydrogen-bond acceptors (Lipinski definition) is 11. The summed E-state index contributed by atoms with van der Waals surface area (Å²) in [5.41, 5.74) is 2.10. The average molecular weight is 575 g/mol. The Morgan fingerprint density at radius 2 is 1.81 bits per heavy atom. The van der Waals surface area contributed by atoms with Crippen LogP contribution in [0, 0.1) is 6.92 Å². The molecule has 13 nitrogen and oxygen atoms in total. The Morgan fingerprint density at radius 3 is 2.43 bits per heavy atom. The van der Waals surface area contributed by atoms with Crippen LogP contribution in [-0.4, -0.2) is 47.9 Å². The van der Waals surface area contributed by atoms with Crippen LogP contribution in [0.2, 0.25) is 0 Å². The highest BCUT2D eigenvalue weighted by molar-refractivity contribution is 5.89. The summed E-state index contributed by atoms with van der Waals surface area (Å²) in [6.45, 7) is 6.91. The number of nitrogens with one attached hydrogen (secondary N) is 1. The maximum atomic E-state index is 13.3. The molecule has 0 aliphatic carbocycles. The van der Waals surface area contributed by atoms with Gasteiger partial charge >= 0.3 is 11.8 Å². The van der Waals surface area contributed by atoms with E-state index >= 15 is 0 Å². The van der Waals surface area contributed by atoms with Crippen LogP contribution in [0.4, 0.5) is 0 Å². The molecular formula is C29H30N6O7. The fraction of sp³-hybridized carbons (Fsp3) is 0.310. The number of carbonyl (C=O) groups excluding carboxylic acids is 1. The molecule has 0 unspecified atom stereocenters. The van der Waals surface area contributed by atoms with Crippen LogP contribution in [-0.2, 0) is 34.8 Å². The second kappa shape index (κ2) is 11.9. The van der Waals surface area contributed by atoms with Gasteiger partial charge in [0.2, 0.25) is 0 Å². The highest BCUT2D eigenvalue weighted by atomic mass is 16.6. The zero-order chi connectivity index (χ0) is 29.9. The third-order valence-corrected chi connectivity index (χ3v) is 6.55. The second-order valence-corrected chi connectivity index (χ2v) is 10.0. The molecule has 0 amide bonds. The number of aromatic nitrogens is 6. The van der Waals surface area contributed by atoms with E-state index < -0.39 is 17.4 Å². The third kappa shape index (κ3) is 6.06. The van der Waals surface area contributed by atoms with Gasteiger partial charge in [-0.1, -0.05) is 48.5 Å². The van der Waals surface area contributed by atoms with Gasteiger partial charge in [0.15, 0.2) is 17.3 Å². The van der Waals surface area contributed by atoms with Crippen LogP contribution in [0.15, 0.2) is 62.2 Å². The summed E-state index contributed by atoms with van der Waals surface area (Å²) in [7, 11) is 0. The van der Waals surface area contributed by atoms with Gasteiger partial charge in [-0.2, -0.15) is 0 Å². The van der Waals surface area contributed by atoms with Gasteiger partial charge in [-0.3, -0.25) is 0 Å². The Hall–Kier alpha value is -4.88. The Kier molecular flexibility index (Phi) is 8.13. The molecule has 5 aromatic rings. The van der Waals surface area contributed by atoms with Crippen molar-refractivity contribution in [3.8, 4) is 22.5 Å². The first kappa shape index (κ1) is 28.6. The molecule has 2 N–H and O–H groups in total. The Bertz CT molecular complexity index is 1730. The Balaban J connectivity index is 1.39. The van der Waals surface area contributed by atoms with E-state index in [2.05, 4.69) is 25.6 Å². The molecule has 0 saturated carbocycles. The quantitative estimate of drug-likeness (QED) is 0.220. The number of aliphatic hydroxyl groups is 1. The number of esters is 1. The summed E-state index contributed by atoms with van der Waals surface area (Å²) in [4.78, 5) is 29.5. The minimum atomic E-state index is -1.50. The molecule has 0 atom stereocenters. The minimum absolute atomic E-state index is 0.00729. The molecule has 0 aliphatic heterocycles. The normalized spacial score (nSPS) is 11.6. The van der Waals surface area contributed by atoms with Gasteiger partial charge in [0.25, 0.3) is 0 Å². The summed E-state index contributed by atoms with van der Waals surface area (Å²) in [6.07, 6.45) is 0. The van der Waals surface area contributed by atoms with E-state index in [9.17, 15) is 14.7 Å². The van der Waals surface area contributed by atoms with Crippen molar-refractivity contribution in [2.24, 2.45) is 0 Å². The monoisotopic (exact) mass is 574 g/mol. The molecule has 5 rings (SSSR count). The zero-order valence-electron chi connectivity index (χ0n) is 23.6. The number of aryl methyl sites for hydroxylation is 1. The van der Waals surface area contributed by atoms with E-state index in [0.717, 1.165) is 22.3 Å². The fourth-order valence-electron chi connectivity index (χ4n) is 4.61. The van der Waals surface area contributed by atoms with Crippen LogP contribution in [0.3, 0.4) is 0 Å². The van der Waals surface area contributed by atoms with Crippen LogP contribution in [0.25, 0.3) is 22.5 Å². The van der Waals surface area contributed by atoms with Crippen LogP contribution >= 0.6 is 0 Å². The minimum Gasteiger partial charge on any atom is -0.456 e. The number of nitrogens with zero attached hydrogens (tertiary/aromatic N) is 5. The van der Waals surface area contributed by atoms with Crippen molar-refractivity contribution in [2.45, 2.75) is 53.1 Å². The highest BCUT2D eigenvalue weighted by Crippen LogP contribution is 2.31. The largest absolute Gasteiger partial charge is 0.519 e. The molecule has 0 spiro atoms. The average Bonchev–Trinajstić information content (AvgIpc) is 3.70. The second-order valence-electron chi connectivity index (χ2n) is 10.0.